The maximum Gasteiger partial charge on any atom is 0.161 e. The standard InChI is InChI=1S/C16H20N2O3S/c1-19-13-4-2-3-5-14(13)20-9-7-18-8-10-21-15(12-18)16-17-6-11-22-16/h2-6,11,15H,7-10,12H2,1H3. The molecular formula is C16H20N2O3S. The highest BCUT2D eigenvalue weighted by Crippen LogP contribution is 2.26. The zero-order valence-electron chi connectivity index (χ0n) is 12.6. The van der Waals surface area contributed by atoms with Gasteiger partial charge in [0.15, 0.2) is 11.5 Å². The van der Waals surface area contributed by atoms with Crippen LogP contribution >= 0.6 is 11.3 Å². The van der Waals surface area contributed by atoms with Crippen molar-refractivity contribution in [2.75, 3.05) is 40.0 Å². The van der Waals surface area contributed by atoms with E-state index in [1.807, 2.05) is 35.8 Å². The molecule has 0 bridgehead atoms. The zero-order chi connectivity index (χ0) is 15.2. The third-order valence-corrected chi connectivity index (χ3v) is 4.48. The molecule has 0 amide bonds. The van der Waals surface area contributed by atoms with Crippen molar-refractivity contribution in [3.05, 3.63) is 40.8 Å². The Morgan fingerprint density at radius 1 is 1.36 bits per heavy atom. The number of morpholine rings is 1. The molecule has 118 valence electrons. The first-order valence-electron chi connectivity index (χ1n) is 7.36. The van der Waals surface area contributed by atoms with E-state index in [4.69, 9.17) is 14.2 Å². The zero-order valence-corrected chi connectivity index (χ0v) is 13.4. The van der Waals surface area contributed by atoms with Gasteiger partial charge in [0.1, 0.15) is 17.7 Å². The highest BCUT2D eigenvalue weighted by Gasteiger charge is 2.23. The molecule has 2 aromatic rings. The lowest BCUT2D eigenvalue weighted by Crippen LogP contribution is -2.40. The summed E-state index contributed by atoms with van der Waals surface area (Å²) in [5.41, 5.74) is 0. The van der Waals surface area contributed by atoms with Gasteiger partial charge in [-0.1, -0.05) is 12.1 Å². The van der Waals surface area contributed by atoms with Crippen molar-refractivity contribution in [1.82, 2.24) is 9.88 Å². The van der Waals surface area contributed by atoms with Crippen LogP contribution in [0.1, 0.15) is 11.1 Å². The lowest BCUT2D eigenvalue weighted by molar-refractivity contribution is -0.0330. The number of hydrogen-bond acceptors (Lipinski definition) is 6. The number of hydrogen-bond donors (Lipinski definition) is 0. The Bertz CT molecular complexity index is 577. The van der Waals surface area contributed by atoms with Crippen LogP contribution in [0.2, 0.25) is 0 Å². The number of aromatic nitrogens is 1. The minimum Gasteiger partial charge on any atom is -0.493 e. The van der Waals surface area contributed by atoms with E-state index in [0.717, 1.165) is 42.7 Å². The van der Waals surface area contributed by atoms with Crippen LogP contribution in [-0.2, 0) is 4.74 Å². The Morgan fingerprint density at radius 2 is 2.23 bits per heavy atom. The van der Waals surface area contributed by atoms with E-state index in [2.05, 4.69) is 9.88 Å². The van der Waals surface area contributed by atoms with Gasteiger partial charge in [0.2, 0.25) is 0 Å². The van der Waals surface area contributed by atoms with Gasteiger partial charge in [-0.3, -0.25) is 4.90 Å². The summed E-state index contributed by atoms with van der Waals surface area (Å²) in [6, 6.07) is 7.72. The summed E-state index contributed by atoms with van der Waals surface area (Å²) in [5.74, 6) is 1.56. The average Bonchev–Trinajstić information content (AvgIpc) is 3.10. The minimum atomic E-state index is 0.0833. The summed E-state index contributed by atoms with van der Waals surface area (Å²) in [4.78, 5) is 6.70. The Hall–Kier alpha value is -1.63. The van der Waals surface area contributed by atoms with Crippen molar-refractivity contribution in [3.8, 4) is 11.5 Å². The van der Waals surface area contributed by atoms with Crippen LogP contribution in [-0.4, -0.2) is 49.8 Å². The van der Waals surface area contributed by atoms with Gasteiger partial charge < -0.3 is 14.2 Å². The van der Waals surface area contributed by atoms with Gasteiger partial charge in [0.25, 0.3) is 0 Å². The van der Waals surface area contributed by atoms with Crippen molar-refractivity contribution < 1.29 is 14.2 Å². The van der Waals surface area contributed by atoms with Crippen LogP contribution in [0.3, 0.4) is 0 Å². The van der Waals surface area contributed by atoms with Crippen molar-refractivity contribution >= 4 is 11.3 Å². The Balaban J connectivity index is 1.49. The second-order valence-corrected chi connectivity index (χ2v) is 5.96. The van der Waals surface area contributed by atoms with Crippen LogP contribution in [0.15, 0.2) is 35.8 Å². The first kappa shape index (κ1) is 15.3. The highest BCUT2D eigenvalue weighted by molar-refractivity contribution is 7.09. The van der Waals surface area contributed by atoms with Gasteiger partial charge >= 0.3 is 0 Å². The lowest BCUT2D eigenvalue weighted by Gasteiger charge is -2.31. The summed E-state index contributed by atoms with van der Waals surface area (Å²) < 4.78 is 16.9. The first-order valence-corrected chi connectivity index (χ1v) is 8.24. The molecule has 0 radical (unpaired) electrons. The number of benzene rings is 1. The number of para-hydroxylation sites is 2. The van der Waals surface area contributed by atoms with E-state index >= 15 is 0 Å². The van der Waals surface area contributed by atoms with Gasteiger partial charge in [-0.05, 0) is 12.1 Å². The van der Waals surface area contributed by atoms with E-state index in [-0.39, 0.29) is 6.10 Å². The van der Waals surface area contributed by atoms with E-state index in [1.54, 1.807) is 18.4 Å². The topological polar surface area (TPSA) is 43.8 Å². The molecule has 1 fully saturated rings. The fraction of sp³-hybridized carbons (Fsp3) is 0.438. The molecule has 1 aromatic heterocycles. The average molecular weight is 320 g/mol. The Kier molecular flexibility index (Phi) is 5.26. The lowest BCUT2D eigenvalue weighted by atomic mass is 10.3. The molecule has 22 heavy (non-hydrogen) atoms. The molecule has 1 unspecified atom stereocenters. The van der Waals surface area contributed by atoms with Crippen LogP contribution in [0.4, 0.5) is 0 Å². The van der Waals surface area contributed by atoms with Crippen LogP contribution < -0.4 is 9.47 Å². The Labute approximate surface area is 134 Å². The van der Waals surface area contributed by atoms with E-state index in [1.165, 1.54) is 0 Å². The maximum atomic E-state index is 5.84. The molecule has 2 heterocycles. The number of nitrogens with zero attached hydrogens (tertiary/aromatic N) is 2. The molecule has 0 aliphatic carbocycles. The normalized spacial score (nSPS) is 19.0. The van der Waals surface area contributed by atoms with Crippen LogP contribution in [0, 0.1) is 0 Å². The minimum absolute atomic E-state index is 0.0833. The highest BCUT2D eigenvalue weighted by atomic mass is 32.1. The van der Waals surface area contributed by atoms with Gasteiger partial charge in [-0.25, -0.2) is 4.98 Å². The number of rotatable bonds is 6. The van der Waals surface area contributed by atoms with Crippen molar-refractivity contribution in [2.24, 2.45) is 0 Å². The fourth-order valence-corrected chi connectivity index (χ4v) is 3.15. The molecule has 3 rings (SSSR count). The van der Waals surface area contributed by atoms with E-state index < -0.39 is 0 Å². The van der Waals surface area contributed by atoms with Crippen LogP contribution in [0.25, 0.3) is 0 Å². The smallest absolute Gasteiger partial charge is 0.161 e. The van der Waals surface area contributed by atoms with E-state index in [0.29, 0.717) is 6.61 Å². The molecule has 1 atom stereocenters. The SMILES string of the molecule is COc1ccccc1OCCN1CCOC(c2nccs2)C1. The number of ether oxygens (including phenoxy) is 3. The predicted molar refractivity (Wildman–Crippen MR) is 85.7 cm³/mol. The molecular weight excluding hydrogens is 300 g/mol. The summed E-state index contributed by atoms with van der Waals surface area (Å²) in [5, 5.41) is 3.04. The number of thiazole rings is 1. The second-order valence-electron chi connectivity index (χ2n) is 5.03. The van der Waals surface area contributed by atoms with Crippen molar-refractivity contribution in [1.29, 1.82) is 0 Å². The fourth-order valence-electron chi connectivity index (χ4n) is 2.47. The predicted octanol–water partition coefficient (Wildman–Crippen LogP) is 2.60. The van der Waals surface area contributed by atoms with Crippen molar-refractivity contribution in [3.63, 3.8) is 0 Å². The monoisotopic (exact) mass is 320 g/mol. The summed E-state index contributed by atoms with van der Waals surface area (Å²) in [6.07, 6.45) is 1.91. The number of methoxy groups -OCH3 is 1. The molecule has 0 N–H and O–H groups in total. The molecule has 0 saturated carbocycles. The van der Waals surface area contributed by atoms with Crippen LogP contribution in [0.5, 0.6) is 11.5 Å². The maximum absolute atomic E-state index is 5.84. The molecule has 1 aliphatic heterocycles. The van der Waals surface area contributed by atoms with Gasteiger partial charge in [0.05, 0.1) is 13.7 Å². The van der Waals surface area contributed by atoms with Gasteiger partial charge in [0, 0.05) is 31.2 Å². The summed E-state index contributed by atoms with van der Waals surface area (Å²) >= 11 is 1.65. The van der Waals surface area contributed by atoms with Gasteiger partial charge in [-0.15, -0.1) is 11.3 Å². The largest absolute Gasteiger partial charge is 0.493 e. The molecule has 1 aliphatic rings. The third-order valence-electron chi connectivity index (χ3n) is 3.61. The second kappa shape index (κ2) is 7.58. The molecule has 0 spiro atoms. The summed E-state index contributed by atoms with van der Waals surface area (Å²) in [7, 11) is 1.66. The quantitative estimate of drug-likeness (QED) is 0.818. The molecule has 1 saturated heterocycles. The Morgan fingerprint density at radius 3 is 3.00 bits per heavy atom. The molecule has 5 nitrogen and oxygen atoms in total. The third kappa shape index (κ3) is 3.76. The van der Waals surface area contributed by atoms with Gasteiger partial charge in [-0.2, -0.15) is 0 Å². The van der Waals surface area contributed by atoms with E-state index in [9.17, 15) is 0 Å². The molecule has 6 heteroatoms. The van der Waals surface area contributed by atoms with Crippen molar-refractivity contribution in [2.45, 2.75) is 6.10 Å². The first-order chi connectivity index (χ1) is 10.9. The molecule has 1 aromatic carbocycles. The summed E-state index contributed by atoms with van der Waals surface area (Å²) in [6.45, 7) is 4.02.